The molecule has 33 heavy (non-hydrogen) atoms. The molecule has 0 saturated carbocycles. The number of aromatic nitrogens is 2. The lowest BCUT2D eigenvalue weighted by molar-refractivity contribution is 0.00704. The molecule has 4 rings (SSSR count). The summed E-state index contributed by atoms with van der Waals surface area (Å²) in [5.41, 5.74) is 6.10. The molecule has 0 aliphatic rings. The number of aryl methyl sites for hydroxylation is 2. The zero-order chi connectivity index (χ0) is 23.8. The molecule has 2 heterocycles. The van der Waals surface area contributed by atoms with Gasteiger partial charge in [-0.1, -0.05) is 55.5 Å². The van der Waals surface area contributed by atoms with Gasteiger partial charge in [-0.3, -0.25) is 0 Å². The van der Waals surface area contributed by atoms with Gasteiger partial charge < -0.3 is 14.2 Å². The molecule has 0 fully saturated rings. The number of aliphatic hydroxyl groups is 1. The van der Waals surface area contributed by atoms with Crippen LogP contribution in [0.2, 0.25) is 0 Å². The minimum atomic E-state index is -0.804. The Balaban J connectivity index is 1.67. The number of carbonyl (C=O) groups excluding carboxylic acids is 1. The normalized spacial score (nSPS) is 12.7. The first-order valence-electron chi connectivity index (χ1n) is 11.3. The maximum Gasteiger partial charge on any atom is 0.339 e. The molecule has 0 spiro atoms. The van der Waals surface area contributed by atoms with Gasteiger partial charge in [0.15, 0.2) is 0 Å². The van der Waals surface area contributed by atoms with E-state index in [1.165, 1.54) is 0 Å². The Hall–Kier alpha value is -3.44. The zero-order valence-electron chi connectivity index (χ0n) is 19.8. The second kappa shape index (κ2) is 8.83. The lowest BCUT2D eigenvalue weighted by atomic mass is 9.96. The Morgan fingerprint density at radius 2 is 1.76 bits per heavy atom. The van der Waals surface area contributed by atoms with Crippen LogP contribution in [-0.2, 0) is 11.2 Å². The van der Waals surface area contributed by atoms with Crippen molar-refractivity contribution >= 4 is 11.6 Å². The number of carbonyl (C=O) groups is 1. The predicted molar refractivity (Wildman–Crippen MR) is 130 cm³/mol. The van der Waals surface area contributed by atoms with Crippen LogP contribution in [-0.4, -0.2) is 26.1 Å². The summed E-state index contributed by atoms with van der Waals surface area (Å²) in [5.74, 6) is -0.351. The monoisotopic (exact) mass is 442 g/mol. The van der Waals surface area contributed by atoms with E-state index in [4.69, 9.17) is 4.74 Å². The summed E-state index contributed by atoms with van der Waals surface area (Å²) in [5, 5.41) is 11.2. The van der Waals surface area contributed by atoms with Gasteiger partial charge in [-0.15, -0.1) is 0 Å². The minimum absolute atomic E-state index is 0.351. The number of hydrogen-bond donors (Lipinski definition) is 1. The van der Waals surface area contributed by atoms with E-state index < -0.39 is 11.7 Å². The molecule has 0 radical (unpaired) electrons. The second-order valence-electron chi connectivity index (χ2n) is 9.29. The average molecular weight is 443 g/mol. The van der Waals surface area contributed by atoms with Crippen LogP contribution >= 0.6 is 0 Å². The SMILES string of the molecule is CCc1cn2c([C@H](O)c3ccc(-c4ccccc4C(=O)OC(C)(C)C)cc3)ccc(C)c2n1. The highest BCUT2D eigenvalue weighted by Crippen LogP contribution is 2.29. The molecule has 1 atom stereocenters. The lowest BCUT2D eigenvalue weighted by Gasteiger charge is -2.20. The fourth-order valence-electron chi connectivity index (χ4n) is 3.92. The van der Waals surface area contributed by atoms with Gasteiger partial charge in [-0.2, -0.15) is 0 Å². The number of rotatable bonds is 5. The second-order valence-corrected chi connectivity index (χ2v) is 9.29. The summed E-state index contributed by atoms with van der Waals surface area (Å²) in [7, 11) is 0. The van der Waals surface area contributed by atoms with E-state index in [-0.39, 0.29) is 5.97 Å². The fraction of sp³-hybridized carbons (Fsp3) is 0.286. The van der Waals surface area contributed by atoms with Crippen molar-refractivity contribution in [1.82, 2.24) is 9.38 Å². The van der Waals surface area contributed by atoms with Crippen molar-refractivity contribution in [2.75, 3.05) is 0 Å². The number of imidazole rings is 1. The van der Waals surface area contributed by atoms with Gasteiger partial charge in [-0.25, -0.2) is 9.78 Å². The third-order valence-corrected chi connectivity index (χ3v) is 5.62. The highest BCUT2D eigenvalue weighted by atomic mass is 16.6. The molecule has 0 amide bonds. The molecule has 4 aromatic rings. The van der Waals surface area contributed by atoms with E-state index >= 15 is 0 Å². The summed E-state index contributed by atoms with van der Waals surface area (Å²) in [6, 6.07) is 19.0. The molecule has 0 saturated heterocycles. The molecule has 2 aromatic heterocycles. The van der Waals surface area contributed by atoms with Gasteiger partial charge in [0, 0.05) is 6.20 Å². The maximum absolute atomic E-state index is 12.7. The fourth-order valence-corrected chi connectivity index (χ4v) is 3.92. The number of ether oxygens (including phenoxy) is 1. The summed E-state index contributed by atoms with van der Waals surface area (Å²) < 4.78 is 7.56. The van der Waals surface area contributed by atoms with E-state index in [0.717, 1.165) is 45.7 Å². The van der Waals surface area contributed by atoms with Crippen LogP contribution in [0.15, 0.2) is 66.9 Å². The zero-order valence-corrected chi connectivity index (χ0v) is 19.8. The van der Waals surface area contributed by atoms with Crippen LogP contribution in [0.1, 0.15) is 66.7 Å². The molecule has 0 aliphatic heterocycles. The van der Waals surface area contributed by atoms with Crippen molar-refractivity contribution < 1.29 is 14.6 Å². The average Bonchev–Trinajstić information content (AvgIpc) is 3.23. The minimum Gasteiger partial charge on any atom is -0.456 e. The van der Waals surface area contributed by atoms with Crippen LogP contribution in [0.5, 0.6) is 0 Å². The third kappa shape index (κ3) is 4.69. The Bertz CT molecular complexity index is 1300. The molecule has 170 valence electrons. The van der Waals surface area contributed by atoms with Gasteiger partial charge in [0.05, 0.1) is 17.0 Å². The number of hydrogen-bond acceptors (Lipinski definition) is 4. The van der Waals surface area contributed by atoms with E-state index in [2.05, 4.69) is 11.9 Å². The largest absolute Gasteiger partial charge is 0.456 e. The number of fused-ring (bicyclic) bond motifs is 1. The Morgan fingerprint density at radius 1 is 1.06 bits per heavy atom. The van der Waals surface area contributed by atoms with Crippen molar-refractivity contribution in [1.29, 1.82) is 0 Å². The molecule has 0 unspecified atom stereocenters. The van der Waals surface area contributed by atoms with Crippen molar-refractivity contribution in [2.24, 2.45) is 0 Å². The number of pyridine rings is 1. The van der Waals surface area contributed by atoms with Gasteiger partial charge in [0.25, 0.3) is 0 Å². The molecule has 2 aromatic carbocycles. The first-order valence-corrected chi connectivity index (χ1v) is 11.3. The van der Waals surface area contributed by atoms with Crippen molar-refractivity contribution in [3.05, 3.63) is 94.9 Å². The highest BCUT2D eigenvalue weighted by Gasteiger charge is 2.21. The van der Waals surface area contributed by atoms with Crippen LogP contribution in [0.3, 0.4) is 0 Å². The van der Waals surface area contributed by atoms with Gasteiger partial charge in [0.2, 0.25) is 0 Å². The smallest absolute Gasteiger partial charge is 0.339 e. The Labute approximate surface area is 194 Å². The molecule has 5 heteroatoms. The van der Waals surface area contributed by atoms with Crippen LogP contribution < -0.4 is 0 Å². The van der Waals surface area contributed by atoms with Crippen LogP contribution in [0.4, 0.5) is 0 Å². The molecular formula is C28H30N2O3. The summed E-state index contributed by atoms with van der Waals surface area (Å²) in [6.07, 6.45) is 2.02. The number of nitrogens with zero attached hydrogens (tertiary/aromatic N) is 2. The van der Waals surface area contributed by atoms with Crippen LogP contribution in [0, 0.1) is 6.92 Å². The number of esters is 1. The summed E-state index contributed by atoms with van der Waals surface area (Å²) in [4.78, 5) is 17.4. The van der Waals surface area contributed by atoms with Gasteiger partial charge >= 0.3 is 5.97 Å². The standard InChI is InChI=1S/C28H30N2O3/c1-6-21-17-30-24(16-11-18(2)26(30)29-21)25(31)20-14-12-19(13-15-20)22-9-7-8-10-23(22)27(32)33-28(3,4)5/h7-17,25,31H,6H2,1-5H3/t25-/m1/s1. The topological polar surface area (TPSA) is 63.8 Å². The van der Waals surface area contributed by atoms with Crippen molar-refractivity contribution in [3.8, 4) is 11.1 Å². The summed E-state index contributed by atoms with van der Waals surface area (Å²) in [6.45, 7) is 9.66. The highest BCUT2D eigenvalue weighted by molar-refractivity contribution is 5.97. The van der Waals surface area contributed by atoms with E-state index in [1.807, 2.05) is 92.9 Å². The Morgan fingerprint density at radius 3 is 2.42 bits per heavy atom. The quantitative estimate of drug-likeness (QED) is 0.390. The van der Waals surface area contributed by atoms with Gasteiger partial charge in [0.1, 0.15) is 17.4 Å². The first-order chi connectivity index (χ1) is 15.7. The first kappa shape index (κ1) is 22.7. The predicted octanol–water partition coefficient (Wildman–Crippen LogP) is 5.91. The van der Waals surface area contributed by atoms with Crippen molar-refractivity contribution in [3.63, 3.8) is 0 Å². The lowest BCUT2D eigenvalue weighted by Crippen LogP contribution is -2.24. The van der Waals surface area contributed by atoms with Crippen molar-refractivity contribution in [2.45, 2.75) is 52.7 Å². The number of aliphatic hydroxyl groups excluding tert-OH is 1. The maximum atomic E-state index is 12.7. The van der Waals surface area contributed by atoms with E-state index in [9.17, 15) is 9.90 Å². The molecule has 5 nitrogen and oxygen atoms in total. The molecular weight excluding hydrogens is 412 g/mol. The number of benzene rings is 2. The molecule has 0 bridgehead atoms. The summed E-state index contributed by atoms with van der Waals surface area (Å²) >= 11 is 0. The molecule has 0 aliphatic carbocycles. The van der Waals surface area contributed by atoms with E-state index in [0.29, 0.717) is 5.56 Å². The van der Waals surface area contributed by atoms with Gasteiger partial charge in [-0.05, 0) is 68.5 Å². The molecule has 1 N–H and O–H groups in total. The third-order valence-electron chi connectivity index (χ3n) is 5.62. The van der Waals surface area contributed by atoms with Crippen LogP contribution in [0.25, 0.3) is 16.8 Å². The Kier molecular flexibility index (Phi) is 6.09. The van der Waals surface area contributed by atoms with E-state index in [1.54, 1.807) is 6.07 Å².